The van der Waals surface area contributed by atoms with Gasteiger partial charge in [-0.15, -0.1) is 0 Å². The molecule has 0 atom stereocenters. The fourth-order valence-electron chi connectivity index (χ4n) is 2.98. The van der Waals surface area contributed by atoms with E-state index < -0.39 is 0 Å². The van der Waals surface area contributed by atoms with Crippen molar-refractivity contribution in [3.05, 3.63) is 29.8 Å². The van der Waals surface area contributed by atoms with Gasteiger partial charge < -0.3 is 4.90 Å². The summed E-state index contributed by atoms with van der Waals surface area (Å²) >= 11 is 0. The first-order chi connectivity index (χ1) is 8.65. The van der Waals surface area contributed by atoms with E-state index in [1.54, 1.807) is 0 Å². The van der Waals surface area contributed by atoms with E-state index in [0.29, 0.717) is 0 Å². The molecular formula is C17H27N. The highest BCUT2D eigenvalue weighted by Gasteiger charge is 2.17. The van der Waals surface area contributed by atoms with Crippen molar-refractivity contribution >= 4 is 5.69 Å². The van der Waals surface area contributed by atoms with Crippen molar-refractivity contribution in [3.8, 4) is 0 Å². The van der Waals surface area contributed by atoms with Gasteiger partial charge in [-0.3, -0.25) is 0 Å². The van der Waals surface area contributed by atoms with E-state index in [4.69, 9.17) is 0 Å². The molecule has 0 radical (unpaired) electrons. The molecule has 0 N–H and O–H groups in total. The zero-order valence-electron chi connectivity index (χ0n) is 12.2. The van der Waals surface area contributed by atoms with Crippen LogP contribution in [0, 0.1) is 11.8 Å². The first-order valence-corrected chi connectivity index (χ1v) is 7.41. The zero-order valence-corrected chi connectivity index (χ0v) is 12.2. The summed E-state index contributed by atoms with van der Waals surface area (Å²) in [7, 11) is 4.23. The van der Waals surface area contributed by atoms with Crippen LogP contribution in [0.4, 0.5) is 5.69 Å². The second kappa shape index (κ2) is 6.26. The van der Waals surface area contributed by atoms with Gasteiger partial charge in [-0.05, 0) is 42.4 Å². The lowest BCUT2D eigenvalue weighted by Crippen LogP contribution is -2.13. The average Bonchev–Trinajstić information content (AvgIpc) is 2.38. The molecule has 0 spiro atoms. The highest BCUT2D eigenvalue weighted by Crippen LogP contribution is 2.31. The van der Waals surface area contributed by atoms with Crippen LogP contribution in [0.2, 0.25) is 0 Å². The lowest BCUT2D eigenvalue weighted by molar-refractivity contribution is 0.278. The van der Waals surface area contributed by atoms with Gasteiger partial charge >= 0.3 is 0 Å². The Balaban J connectivity index is 1.84. The molecule has 1 aromatic rings. The molecule has 100 valence electrons. The Hall–Kier alpha value is -0.980. The molecule has 0 amide bonds. The van der Waals surface area contributed by atoms with Gasteiger partial charge in [-0.25, -0.2) is 0 Å². The van der Waals surface area contributed by atoms with Crippen LogP contribution in [-0.4, -0.2) is 14.1 Å². The Morgan fingerprint density at radius 3 is 2.50 bits per heavy atom. The number of hydrogen-bond donors (Lipinski definition) is 0. The topological polar surface area (TPSA) is 3.24 Å². The van der Waals surface area contributed by atoms with Crippen molar-refractivity contribution in [1.29, 1.82) is 0 Å². The first kappa shape index (κ1) is 13.5. The first-order valence-electron chi connectivity index (χ1n) is 7.41. The minimum Gasteiger partial charge on any atom is -0.378 e. The van der Waals surface area contributed by atoms with Crippen LogP contribution in [0.3, 0.4) is 0 Å². The Morgan fingerprint density at radius 1 is 1.11 bits per heavy atom. The second-order valence-electron chi connectivity index (χ2n) is 6.23. The number of hydrogen-bond acceptors (Lipinski definition) is 1. The predicted octanol–water partition coefficient (Wildman–Crippen LogP) is 4.51. The van der Waals surface area contributed by atoms with Crippen molar-refractivity contribution in [2.45, 2.75) is 45.4 Å². The van der Waals surface area contributed by atoms with E-state index in [9.17, 15) is 0 Å². The molecule has 1 fully saturated rings. The maximum absolute atomic E-state index is 2.40. The number of anilines is 1. The van der Waals surface area contributed by atoms with Crippen molar-refractivity contribution < 1.29 is 0 Å². The van der Waals surface area contributed by atoms with Gasteiger partial charge in [0.1, 0.15) is 0 Å². The van der Waals surface area contributed by atoms with Gasteiger partial charge in [0, 0.05) is 19.8 Å². The number of rotatable bonds is 4. The van der Waals surface area contributed by atoms with Crippen LogP contribution >= 0.6 is 0 Å². The van der Waals surface area contributed by atoms with Crippen molar-refractivity contribution in [3.63, 3.8) is 0 Å². The summed E-state index contributed by atoms with van der Waals surface area (Å²) in [6, 6.07) is 8.99. The molecule has 0 saturated heterocycles. The summed E-state index contributed by atoms with van der Waals surface area (Å²) in [5, 5.41) is 0. The van der Waals surface area contributed by atoms with Crippen LogP contribution in [-0.2, 0) is 6.42 Å². The molecule has 0 aliphatic heterocycles. The summed E-state index contributed by atoms with van der Waals surface area (Å²) in [6.07, 6.45) is 8.43. The fraction of sp³-hybridized carbons (Fsp3) is 0.647. The minimum absolute atomic E-state index is 0.971. The SMILES string of the molecule is CC1CCC(CCc2cccc(N(C)C)c2)CC1. The summed E-state index contributed by atoms with van der Waals surface area (Å²) < 4.78 is 0. The van der Waals surface area contributed by atoms with Crippen LogP contribution < -0.4 is 4.90 Å². The predicted molar refractivity (Wildman–Crippen MR) is 80.2 cm³/mol. The van der Waals surface area contributed by atoms with E-state index in [2.05, 4.69) is 50.2 Å². The molecular weight excluding hydrogens is 218 g/mol. The van der Waals surface area contributed by atoms with Gasteiger partial charge in [0.15, 0.2) is 0 Å². The molecule has 18 heavy (non-hydrogen) atoms. The quantitative estimate of drug-likeness (QED) is 0.754. The lowest BCUT2D eigenvalue weighted by Gasteiger charge is -2.26. The largest absolute Gasteiger partial charge is 0.378 e. The molecule has 0 aromatic heterocycles. The smallest absolute Gasteiger partial charge is 0.0363 e. The molecule has 1 aliphatic carbocycles. The molecule has 0 heterocycles. The van der Waals surface area contributed by atoms with Crippen LogP contribution in [0.5, 0.6) is 0 Å². The van der Waals surface area contributed by atoms with E-state index in [1.165, 1.54) is 49.8 Å². The molecule has 2 rings (SSSR count). The molecule has 1 aliphatic rings. The van der Waals surface area contributed by atoms with Gasteiger partial charge in [0.05, 0.1) is 0 Å². The third-order valence-electron chi connectivity index (χ3n) is 4.40. The third kappa shape index (κ3) is 3.76. The van der Waals surface area contributed by atoms with Crippen LogP contribution in [0.15, 0.2) is 24.3 Å². The fourth-order valence-corrected chi connectivity index (χ4v) is 2.98. The molecule has 0 bridgehead atoms. The number of nitrogens with zero attached hydrogens (tertiary/aromatic N) is 1. The number of benzene rings is 1. The number of aryl methyl sites for hydroxylation is 1. The molecule has 0 unspecified atom stereocenters. The van der Waals surface area contributed by atoms with Gasteiger partial charge in [-0.2, -0.15) is 0 Å². The molecule has 1 saturated carbocycles. The summed E-state index contributed by atoms with van der Waals surface area (Å²) in [5.74, 6) is 1.95. The zero-order chi connectivity index (χ0) is 13.0. The summed E-state index contributed by atoms with van der Waals surface area (Å²) in [5.41, 5.74) is 2.82. The monoisotopic (exact) mass is 245 g/mol. The van der Waals surface area contributed by atoms with E-state index in [-0.39, 0.29) is 0 Å². The highest BCUT2D eigenvalue weighted by molar-refractivity contribution is 5.47. The van der Waals surface area contributed by atoms with Gasteiger partial charge in [0.2, 0.25) is 0 Å². The maximum Gasteiger partial charge on any atom is 0.0363 e. The Morgan fingerprint density at radius 2 is 1.83 bits per heavy atom. The maximum atomic E-state index is 2.40. The average molecular weight is 245 g/mol. The second-order valence-corrected chi connectivity index (χ2v) is 6.23. The van der Waals surface area contributed by atoms with E-state index >= 15 is 0 Å². The molecule has 1 heteroatoms. The summed E-state index contributed by atoms with van der Waals surface area (Å²) in [4.78, 5) is 2.19. The summed E-state index contributed by atoms with van der Waals surface area (Å²) in [6.45, 7) is 2.40. The Kier molecular flexibility index (Phi) is 4.68. The minimum atomic E-state index is 0.971. The van der Waals surface area contributed by atoms with Crippen molar-refractivity contribution in [2.75, 3.05) is 19.0 Å². The van der Waals surface area contributed by atoms with Gasteiger partial charge in [0.25, 0.3) is 0 Å². The van der Waals surface area contributed by atoms with Crippen molar-refractivity contribution in [2.24, 2.45) is 11.8 Å². The Bertz CT molecular complexity index is 362. The van der Waals surface area contributed by atoms with Gasteiger partial charge in [-0.1, -0.05) is 44.7 Å². The van der Waals surface area contributed by atoms with Crippen LogP contribution in [0.25, 0.3) is 0 Å². The van der Waals surface area contributed by atoms with E-state index in [1.807, 2.05) is 0 Å². The van der Waals surface area contributed by atoms with Crippen LogP contribution in [0.1, 0.15) is 44.6 Å². The normalized spacial score (nSPS) is 23.9. The molecule has 1 aromatic carbocycles. The third-order valence-corrected chi connectivity index (χ3v) is 4.40. The van der Waals surface area contributed by atoms with Crippen molar-refractivity contribution in [1.82, 2.24) is 0 Å². The molecule has 1 nitrogen and oxygen atoms in total. The van der Waals surface area contributed by atoms with E-state index in [0.717, 1.165) is 11.8 Å². The Labute approximate surface area is 112 Å². The lowest BCUT2D eigenvalue weighted by atomic mass is 9.80. The highest BCUT2D eigenvalue weighted by atomic mass is 15.1. The standard InChI is InChI=1S/C17H27N/c1-14-7-9-15(10-8-14)11-12-16-5-4-6-17(13-16)18(2)3/h4-6,13-15H,7-12H2,1-3H3.